The second kappa shape index (κ2) is 6.76. The molecule has 5 nitrogen and oxygen atoms in total. The van der Waals surface area contributed by atoms with Gasteiger partial charge in [-0.1, -0.05) is 0 Å². The molecule has 0 aromatic carbocycles. The Kier molecular flexibility index (Phi) is 5.01. The highest BCUT2D eigenvalue weighted by atomic mass is 32.1. The zero-order valence-electron chi connectivity index (χ0n) is 13.2. The number of hydrogen-bond acceptors (Lipinski definition) is 6. The third-order valence-electron chi connectivity index (χ3n) is 3.25. The van der Waals surface area contributed by atoms with Gasteiger partial charge in [0.05, 0.1) is 13.2 Å². The van der Waals surface area contributed by atoms with Crippen molar-refractivity contribution >= 4 is 23.0 Å². The molecule has 1 atom stereocenters. The van der Waals surface area contributed by atoms with Crippen molar-refractivity contribution in [2.75, 3.05) is 24.3 Å². The van der Waals surface area contributed by atoms with Crippen molar-refractivity contribution in [3.8, 4) is 5.75 Å². The second-order valence-corrected chi connectivity index (χ2v) is 6.33. The molecule has 0 radical (unpaired) electrons. The van der Waals surface area contributed by atoms with E-state index in [1.807, 2.05) is 18.3 Å². The van der Waals surface area contributed by atoms with Crippen LogP contribution in [0.4, 0.5) is 11.6 Å². The van der Waals surface area contributed by atoms with Gasteiger partial charge in [-0.05, 0) is 39.3 Å². The fourth-order valence-corrected chi connectivity index (χ4v) is 3.35. The molecule has 1 unspecified atom stereocenters. The SMILES string of the molecule is CCNc1ncnc(NC(C)c2cc(C)sc2C)c1OC. The number of rotatable bonds is 6. The Hall–Kier alpha value is -1.82. The van der Waals surface area contributed by atoms with E-state index in [1.165, 1.54) is 15.3 Å². The van der Waals surface area contributed by atoms with E-state index in [0.29, 0.717) is 17.4 Å². The molecule has 2 aromatic rings. The van der Waals surface area contributed by atoms with Crippen LogP contribution in [0.15, 0.2) is 12.4 Å². The summed E-state index contributed by atoms with van der Waals surface area (Å²) >= 11 is 1.81. The van der Waals surface area contributed by atoms with E-state index in [4.69, 9.17) is 4.74 Å². The Morgan fingerprint density at radius 2 is 2.00 bits per heavy atom. The lowest BCUT2D eigenvalue weighted by molar-refractivity contribution is 0.414. The summed E-state index contributed by atoms with van der Waals surface area (Å²) < 4.78 is 5.45. The van der Waals surface area contributed by atoms with Gasteiger partial charge in [-0.15, -0.1) is 11.3 Å². The van der Waals surface area contributed by atoms with E-state index in [2.05, 4.69) is 47.4 Å². The number of ether oxygens (including phenoxy) is 1. The molecule has 0 saturated carbocycles. The number of nitrogens with zero attached hydrogens (tertiary/aromatic N) is 2. The number of nitrogens with one attached hydrogen (secondary N) is 2. The molecule has 0 aliphatic rings. The first kappa shape index (κ1) is 15.6. The van der Waals surface area contributed by atoms with Crippen LogP contribution in [-0.4, -0.2) is 23.6 Å². The van der Waals surface area contributed by atoms with Gasteiger partial charge in [-0.25, -0.2) is 9.97 Å². The van der Waals surface area contributed by atoms with E-state index in [0.717, 1.165) is 6.54 Å². The topological polar surface area (TPSA) is 59.1 Å². The number of anilines is 2. The Balaban J connectivity index is 2.26. The van der Waals surface area contributed by atoms with Gasteiger partial charge in [0.1, 0.15) is 6.33 Å². The number of aromatic nitrogens is 2. The van der Waals surface area contributed by atoms with Gasteiger partial charge < -0.3 is 15.4 Å². The molecule has 2 N–H and O–H groups in total. The highest BCUT2D eigenvalue weighted by Gasteiger charge is 2.16. The van der Waals surface area contributed by atoms with Crippen molar-refractivity contribution in [1.82, 2.24) is 9.97 Å². The molecule has 0 saturated heterocycles. The van der Waals surface area contributed by atoms with E-state index >= 15 is 0 Å². The van der Waals surface area contributed by atoms with Crippen molar-refractivity contribution in [3.05, 3.63) is 27.7 Å². The van der Waals surface area contributed by atoms with Crippen LogP contribution in [0.3, 0.4) is 0 Å². The lowest BCUT2D eigenvalue weighted by Crippen LogP contribution is -2.11. The molecule has 2 heterocycles. The minimum atomic E-state index is 0.160. The van der Waals surface area contributed by atoms with Crippen LogP contribution in [0.25, 0.3) is 0 Å². The van der Waals surface area contributed by atoms with Gasteiger partial charge >= 0.3 is 0 Å². The largest absolute Gasteiger partial charge is 0.490 e. The Morgan fingerprint density at radius 1 is 1.29 bits per heavy atom. The predicted octanol–water partition coefficient (Wildman–Crippen LogP) is 3.77. The molecular formula is C15H22N4OS. The average molecular weight is 306 g/mol. The van der Waals surface area contributed by atoms with Gasteiger partial charge in [0.25, 0.3) is 0 Å². The third-order valence-corrected chi connectivity index (χ3v) is 4.23. The summed E-state index contributed by atoms with van der Waals surface area (Å²) in [5.74, 6) is 2.07. The van der Waals surface area contributed by atoms with Crippen LogP contribution < -0.4 is 15.4 Å². The van der Waals surface area contributed by atoms with Gasteiger partial charge in [-0.2, -0.15) is 0 Å². The van der Waals surface area contributed by atoms with E-state index in [9.17, 15) is 0 Å². The minimum absolute atomic E-state index is 0.160. The van der Waals surface area contributed by atoms with E-state index < -0.39 is 0 Å². The zero-order chi connectivity index (χ0) is 15.4. The number of hydrogen-bond donors (Lipinski definition) is 2. The molecule has 21 heavy (non-hydrogen) atoms. The predicted molar refractivity (Wildman–Crippen MR) is 88.6 cm³/mol. The zero-order valence-corrected chi connectivity index (χ0v) is 14.0. The van der Waals surface area contributed by atoms with Crippen LogP contribution in [-0.2, 0) is 0 Å². The molecule has 0 fully saturated rings. The molecule has 6 heteroatoms. The summed E-state index contributed by atoms with van der Waals surface area (Å²) in [5, 5.41) is 6.60. The number of aryl methyl sites for hydroxylation is 2. The summed E-state index contributed by atoms with van der Waals surface area (Å²) in [4.78, 5) is 11.2. The fraction of sp³-hybridized carbons (Fsp3) is 0.467. The Labute approximate surface area is 129 Å². The first-order chi connectivity index (χ1) is 10.1. The third kappa shape index (κ3) is 3.44. The molecule has 2 rings (SSSR count). The molecule has 114 valence electrons. The summed E-state index contributed by atoms with van der Waals surface area (Å²) in [5.41, 5.74) is 1.29. The molecule has 2 aromatic heterocycles. The number of methoxy groups -OCH3 is 1. The van der Waals surface area contributed by atoms with Crippen LogP contribution in [0.1, 0.15) is 35.2 Å². The Morgan fingerprint density at radius 3 is 2.57 bits per heavy atom. The first-order valence-electron chi connectivity index (χ1n) is 7.03. The fourth-order valence-electron chi connectivity index (χ4n) is 2.33. The minimum Gasteiger partial charge on any atom is -0.490 e. The second-order valence-electron chi connectivity index (χ2n) is 4.87. The molecule has 0 bridgehead atoms. The smallest absolute Gasteiger partial charge is 0.204 e. The molecule has 0 amide bonds. The maximum Gasteiger partial charge on any atom is 0.204 e. The lowest BCUT2D eigenvalue weighted by atomic mass is 10.1. The normalized spacial score (nSPS) is 12.0. The van der Waals surface area contributed by atoms with Crippen molar-refractivity contribution in [1.29, 1.82) is 0 Å². The van der Waals surface area contributed by atoms with Crippen molar-refractivity contribution < 1.29 is 4.74 Å². The van der Waals surface area contributed by atoms with Crippen LogP contribution in [0.2, 0.25) is 0 Å². The molecular weight excluding hydrogens is 284 g/mol. The lowest BCUT2D eigenvalue weighted by Gasteiger charge is -2.18. The van der Waals surface area contributed by atoms with Gasteiger partial charge in [0.2, 0.25) is 5.75 Å². The average Bonchev–Trinajstić information content (AvgIpc) is 2.78. The maximum atomic E-state index is 5.45. The molecule has 0 spiro atoms. The highest BCUT2D eigenvalue weighted by Crippen LogP contribution is 2.33. The summed E-state index contributed by atoms with van der Waals surface area (Å²) in [6.07, 6.45) is 1.54. The summed E-state index contributed by atoms with van der Waals surface area (Å²) in [7, 11) is 1.63. The Bertz CT molecular complexity index is 612. The molecule has 0 aliphatic heterocycles. The number of thiophene rings is 1. The maximum absolute atomic E-state index is 5.45. The monoisotopic (exact) mass is 306 g/mol. The van der Waals surface area contributed by atoms with E-state index in [-0.39, 0.29) is 6.04 Å². The van der Waals surface area contributed by atoms with Gasteiger partial charge in [0.15, 0.2) is 11.6 Å². The molecule has 0 aliphatic carbocycles. The van der Waals surface area contributed by atoms with Gasteiger partial charge in [0, 0.05) is 16.3 Å². The first-order valence-corrected chi connectivity index (χ1v) is 7.84. The van der Waals surface area contributed by atoms with Crippen molar-refractivity contribution in [2.45, 2.75) is 33.7 Å². The standard InChI is InChI=1S/C15H22N4OS/c1-6-16-14-13(20-5)15(18-8-17-14)19-10(3)12-7-9(2)21-11(12)4/h7-8,10H,6H2,1-5H3,(H2,16,17,18,19). The van der Waals surface area contributed by atoms with Crippen LogP contribution in [0.5, 0.6) is 5.75 Å². The van der Waals surface area contributed by atoms with Gasteiger partial charge in [-0.3, -0.25) is 0 Å². The van der Waals surface area contributed by atoms with Crippen molar-refractivity contribution in [2.24, 2.45) is 0 Å². The quantitative estimate of drug-likeness (QED) is 0.851. The van der Waals surface area contributed by atoms with Crippen LogP contribution >= 0.6 is 11.3 Å². The van der Waals surface area contributed by atoms with Crippen molar-refractivity contribution in [3.63, 3.8) is 0 Å². The highest BCUT2D eigenvalue weighted by molar-refractivity contribution is 7.12. The summed E-state index contributed by atoms with van der Waals surface area (Å²) in [6.45, 7) is 9.21. The van der Waals surface area contributed by atoms with E-state index in [1.54, 1.807) is 13.4 Å². The van der Waals surface area contributed by atoms with Crippen LogP contribution in [0, 0.1) is 13.8 Å². The summed E-state index contributed by atoms with van der Waals surface area (Å²) in [6, 6.07) is 2.38.